The summed E-state index contributed by atoms with van der Waals surface area (Å²) in [6.45, 7) is 0. The van der Waals surface area contributed by atoms with Gasteiger partial charge in [-0.25, -0.2) is 9.78 Å². The molecule has 0 radical (unpaired) electrons. The van der Waals surface area contributed by atoms with Gasteiger partial charge in [-0.15, -0.1) is 0 Å². The average Bonchev–Trinajstić information content (AvgIpc) is 2.41. The van der Waals surface area contributed by atoms with Gasteiger partial charge >= 0.3 is 5.97 Å². The maximum atomic E-state index is 11.5. The van der Waals surface area contributed by atoms with E-state index in [2.05, 4.69) is 25.7 Å². The summed E-state index contributed by atoms with van der Waals surface area (Å²) in [6.07, 6.45) is 0. The molecule has 98 valence electrons. The standard InChI is InChI=1S/C11H7BrN2O5/c1-19-11(16)9-7(12)10(15)5-3-2-4-6(14(17)18)8(5)13-9/h2-4H,1H3,(H,13,15). The van der Waals surface area contributed by atoms with Crippen molar-refractivity contribution in [2.24, 2.45) is 0 Å². The van der Waals surface area contributed by atoms with Gasteiger partial charge in [0.1, 0.15) is 5.75 Å². The van der Waals surface area contributed by atoms with Crippen molar-refractivity contribution in [2.45, 2.75) is 0 Å². The zero-order chi connectivity index (χ0) is 14.2. The molecule has 2 aromatic rings. The molecule has 7 nitrogen and oxygen atoms in total. The molecule has 2 rings (SSSR count). The summed E-state index contributed by atoms with van der Waals surface area (Å²) < 4.78 is 4.54. The number of hydrogen-bond donors (Lipinski definition) is 1. The van der Waals surface area contributed by atoms with E-state index < -0.39 is 10.9 Å². The number of esters is 1. The first-order chi connectivity index (χ1) is 8.97. The summed E-state index contributed by atoms with van der Waals surface area (Å²) in [7, 11) is 1.15. The second-order valence-corrected chi connectivity index (χ2v) is 4.34. The second kappa shape index (κ2) is 4.81. The Bertz CT molecular complexity index is 701. The van der Waals surface area contributed by atoms with Crippen LogP contribution in [0.4, 0.5) is 5.69 Å². The monoisotopic (exact) mass is 326 g/mol. The van der Waals surface area contributed by atoms with Crippen molar-refractivity contribution in [1.29, 1.82) is 0 Å². The fourth-order valence-electron chi connectivity index (χ4n) is 1.61. The van der Waals surface area contributed by atoms with Gasteiger partial charge in [0.05, 0.1) is 21.9 Å². The molecule has 0 fully saturated rings. The van der Waals surface area contributed by atoms with Crippen molar-refractivity contribution < 1.29 is 19.6 Å². The SMILES string of the molecule is COC(=O)c1nc2c([N+](=O)[O-])cccc2c(O)c1Br. The van der Waals surface area contributed by atoms with Crippen molar-refractivity contribution in [3.05, 3.63) is 38.5 Å². The van der Waals surface area contributed by atoms with Gasteiger partial charge in [-0.3, -0.25) is 10.1 Å². The van der Waals surface area contributed by atoms with Crippen LogP contribution in [0, 0.1) is 10.1 Å². The largest absolute Gasteiger partial charge is 0.506 e. The van der Waals surface area contributed by atoms with Gasteiger partial charge in [0.25, 0.3) is 5.69 Å². The number of aromatic hydroxyl groups is 1. The van der Waals surface area contributed by atoms with Gasteiger partial charge in [0.2, 0.25) is 0 Å². The molecule has 0 bridgehead atoms. The number of nitrogens with zero attached hydrogens (tertiary/aromatic N) is 2. The van der Waals surface area contributed by atoms with Crippen LogP contribution in [0.3, 0.4) is 0 Å². The fraction of sp³-hybridized carbons (Fsp3) is 0.0909. The van der Waals surface area contributed by atoms with E-state index in [0.29, 0.717) is 0 Å². The second-order valence-electron chi connectivity index (χ2n) is 3.54. The van der Waals surface area contributed by atoms with Crippen LogP contribution in [0.5, 0.6) is 5.75 Å². The molecule has 1 aromatic carbocycles. The van der Waals surface area contributed by atoms with Gasteiger partial charge in [-0.1, -0.05) is 6.07 Å². The van der Waals surface area contributed by atoms with E-state index in [1.165, 1.54) is 18.2 Å². The van der Waals surface area contributed by atoms with Crippen molar-refractivity contribution in [3.63, 3.8) is 0 Å². The lowest BCUT2D eigenvalue weighted by molar-refractivity contribution is -0.383. The number of nitro benzene ring substituents is 1. The molecule has 0 aliphatic heterocycles. The first-order valence-electron chi connectivity index (χ1n) is 5.01. The first-order valence-corrected chi connectivity index (χ1v) is 5.80. The van der Waals surface area contributed by atoms with Gasteiger partial charge in [0.15, 0.2) is 11.2 Å². The van der Waals surface area contributed by atoms with Gasteiger partial charge < -0.3 is 9.84 Å². The number of aromatic nitrogens is 1. The van der Waals surface area contributed by atoms with Crippen LogP contribution >= 0.6 is 15.9 Å². The van der Waals surface area contributed by atoms with Crippen molar-refractivity contribution >= 4 is 38.5 Å². The number of halogens is 1. The predicted octanol–water partition coefficient (Wildman–Crippen LogP) is 2.40. The highest BCUT2D eigenvalue weighted by atomic mass is 79.9. The number of hydrogen-bond acceptors (Lipinski definition) is 6. The van der Waals surface area contributed by atoms with Crippen molar-refractivity contribution in [2.75, 3.05) is 7.11 Å². The normalized spacial score (nSPS) is 10.4. The number of ether oxygens (including phenoxy) is 1. The van der Waals surface area contributed by atoms with Crippen LogP contribution in [0.25, 0.3) is 10.9 Å². The quantitative estimate of drug-likeness (QED) is 0.516. The van der Waals surface area contributed by atoms with Crippen LogP contribution in [-0.2, 0) is 4.74 Å². The number of carbonyl (C=O) groups excluding carboxylic acids is 1. The van der Waals surface area contributed by atoms with E-state index in [9.17, 15) is 20.0 Å². The van der Waals surface area contributed by atoms with E-state index in [4.69, 9.17) is 0 Å². The van der Waals surface area contributed by atoms with E-state index >= 15 is 0 Å². The number of carbonyl (C=O) groups is 1. The Labute approximate surface area is 115 Å². The smallest absolute Gasteiger partial charge is 0.358 e. The number of fused-ring (bicyclic) bond motifs is 1. The molecule has 1 aromatic heterocycles. The number of nitro groups is 1. The van der Waals surface area contributed by atoms with Crippen LogP contribution in [0.1, 0.15) is 10.5 Å². The van der Waals surface area contributed by atoms with Crippen LogP contribution in [-0.4, -0.2) is 28.1 Å². The van der Waals surface area contributed by atoms with Crippen molar-refractivity contribution in [3.8, 4) is 5.75 Å². The highest BCUT2D eigenvalue weighted by Gasteiger charge is 2.23. The average molecular weight is 327 g/mol. The minimum Gasteiger partial charge on any atom is -0.506 e. The molecule has 0 amide bonds. The first kappa shape index (κ1) is 13.2. The maximum Gasteiger partial charge on any atom is 0.358 e. The van der Waals surface area contributed by atoms with Gasteiger partial charge in [-0.05, 0) is 22.0 Å². The Kier molecular flexibility index (Phi) is 3.34. The lowest BCUT2D eigenvalue weighted by atomic mass is 10.1. The van der Waals surface area contributed by atoms with Crippen molar-refractivity contribution in [1.82, 2.24) is 4.98 Å². The number of pyridine rings is 1. The van der Waals surface area contributed by atoms with Crippen LogP contribution < -0.4 is 0 Å². The number of rotatable bonds is 2. The Hall–Kier alpha value is -2.22. The Morgan fingerprint density at radius 3 is 2.79 bits per heavy atom. The van der Waals surface area contributed by atoms with Crippen LogP contribution in [0.2, 0.25) is 0 Å². The molecular formula is C11H7BrN2O5. The summed E-state index contributed by atoms with van der Waals surface area (Å²) in [4.78, 5) is 25.7. The van der Waals surface area contributed by atoms with E-state index in [1.807, 2.05) is 0 Å². The highest BCUT2D eigenvalue weighted by molar-refractivity contribution is 9.10. The molecule has 0 spiro atoms. The molecule has 0 unspecified atom stereocenters. The third-order valence-electron chi connectivity index (χ3n) is 2.48. The third kappa shape index (κ3) is 2.10. The van der Waals surface area contributed by atoms with Gasteiger partial charge in [0, 0.05) is 6.07 Å². The number of para-hydroxylation sites is 1. The zero-order valence-electron chi connectivity index (χ0n) is 9.58. The summed E-state index contributed by atoms with van der Waals surface area (Å²) in [5.41, 5.74) is -0.596. The highest BCUT2D eigenvalue weighted by Crippen LogP contribution is 2.37. The Balaban J connectivity index is 2.89. The fourth-order valence-corrected chi connectivity index (χ4v) is 2.07. The number of non-ortho nitro benzene ring substituents is 1. The molecule has 0 aliphatic carbocycles. The molecule has 0 saturated heterocycles. The molecule has 1 heterocycles. The Morgan fingerprint density at radius 1 is 1.53 bits per heavy atom. The lowest BCUT2D eigenvalue weighted by Crippen LogP contribution is -2.06. The molecule has 0 aliphatic rings. The predicted molar refractivity (Wildman–Crippen MR) is 69.1 cm³/mol. The zero-order valence-corrected chi connectivity index (χ0v) is 11.2. The molecule has 0 atom stereocenters. The summed E-state index contributed by atoms with van der Waals surface area (Å²) >= 11 is 3.02. The topological polar surface area (TPSA) is 103 Å². The number of benzene rings is 1. The molecule has 8 heteroatoms. The summed E-state index contributed by atoms with van der Waals surface area (Å²) in [5, 5.41) is 21.1. The lowest BCUT2D eigenvalue weighted by Gasteiger charge is -2.07. The molecular weight excluding hydrogens is 320 g/mol. The van der Waals surface area contributed by atoms with E-state index in [1.54, 1.807) is 0 Å². The minimum atomic E-state index is -0.803. The van der Waals surface area contributed by atoms with Crippen LogP contribution in [0.15, 0.2) is 22.7 Å². The Morgan fingerprint density at radius 2 is 2.21 bits per heavy atom. The molecule has 1 N–H and O–H groups in total. The van der Waals surface area contributed by atoms with E-state index in [-0.39, 0.29) is 32.5 Å². The molecule has 19 heavy (non-hydrogen) atoms. The third-order valence-corrected chi connectivity index (χ3v) is 3.24. The van der Waals surface area contributed by atoms with Gasteiger partial charge in [-0.2, -0.15) is 0 Å². The minimum absolute atomic E-state index is 0.0346. The van der Waals surface area contributed by atoms with E-state index in [0.717, 1.165) is 7.11 Å². The summed E-state index contributed by atoms with van der Waals surface area (Å²) in [6, 6.07) is 4.13. The molecule has 0 saturated carbocycles. The number of methoxy groups -OCH3 is 1. The summed E-state index contributed by atoms with van der Waals surface area (Å²) in [5.74, 6) is -1.10. The maximum absolute atomic E-state index is 11.5.